The van der Waals surface area contributed by atoms with Crippen molar-refractivity contribution in [2.45, 2.75) is 26.1 Å². The van der Waals surface area contributed by atoms with Crippen molar-refractivity contribution in [1.29, 1.82) is 0 Å². The number of thiazole rings is 1. The maximum absolute atomic E-state index is 13.7. The van der Waals surface area contributed by atoms with Gasteiger partial charge in [-0.2, -0.15) is 13.2 Å². The van der Waals surface area contributed by atoms with Gasteiger partial charge in [0.05, 0.1) is 41.1 Å². The second-order valence-electron chi connectivity index (χ2n) is 8.86. The molecule has 1 aliphatic rings. The Morgan fingerprint density at radius 2 is 1.90 bits per heavy atom. The third-order valence-corrected chi connectivity index (χ3v) is 7.31. The molecule has 2 aromatic carbocycles. The van der Waals surface area contributed by atoms with Crippen LogP contribution in [0.5, 0.6) is 5.75 Å². The van der Waals surface area contributed by atoms with E-state index < -0.39 is 29.3 Å². The number of ether oxygens (including phenoxy) is 2. The molecule has 0 bridgehead atoms. The highest BCUT2D eigenvalue weighted by Gasteiger charge is 2.33. The Labute approximate surface area is 230 Å². The van der Waals surface area contributed by atoms with Gasteiger partial charge >= 0.3 is 12.1 Å². The van der Waals surface area contributed by atoms with E-state index in [-0.39, 0.29) is 33.8 Å². The first-order valence-corrected chi connectivity index (χ1v) is 13.0. The number of hydrogen-bond acceptors (Lipinski definition) is 7. The smallest absolute Gasteiger partial charge is 0.416 e. The van der Waals surface area contributed by atoms with Crippen LogP contribution in [0.4, 0.5) is 13.2 Å². The van der Waals surface area contributed by atoms with Crippen molar-refractivity contribution in [2.24, 2.45) is 4.99 Å². The molecular weight excluding hydrogens is 545 g/mol. The largest absolute Gasteiger partial charge is 0.497 e. The molecule has 5 rings (SSSR count). The zero-order valence-corrected chi connectivity index (χ0v) is 22.4. The van der Waals surface area contributed by atoms with E-state index in [9.17, 15) is 22.8 Å². The van der Waals surface area contributed by atoms with E-state index >= 15 is 0 Å². The zero-order chi connectivity index (χ0) is 28.6. The van der Waals surface area contributed by atoms with Gasteiger partial charge in [-0.15, -0.1) is 0 Å². The predicted molar refractivity (Wildman–Crippen MR) is 143 cm³/mol. The maximum Gasteiger partial charge on any atom is 0.416 e. The van der Waals surface area contributed by atoms with Gasteiger partial charge in [-0.3, -0.25) is 9.36 Å². The maximum atomic E-state index is 13.7. The molecule has 206 valence electrons. The molecule has 0 saturated carbocycles. The summed E-state index contributed by atoms with van der Waals surface area (Å²) >= 11 is 1.11. The number of allylic oxidation sites excluding steroid dienone is 1. The first-order valence-electron chi connectivity index (χ1n) is 12.2. The number of aromatic nitrogens is 1. The van der Waals surface area contributed by atoms with Gasteiger partial charge in [-0.1, -0.05) is 35.6 Å². The molecule has 0 spiro atoms. The predicted octanol–water partition coefficient (Wildman–Crippen LogP) is 5.09. The number of methoxy groups -OCH3 is 1. The fourth-order valence-electron chi connectivity index (χ4n) is 4.46. The topological polar surface area (TPSA) is 83.0 Å². The Morgan fingerprint density at radius 1 is 1.15 bits per heavy atom. The lowest BCUT2D eigenvalue weighted by Crippen LogP contribution is -2.39. The van der Waals surface area contributed by atoms with Crippen molar-refractivity contribution in [3.8, 4) is 17.1 Å². The number of hydrogen-bond donors (Lipinski definition) is 0. The van der Waals surface area contributed by atoms with Crippen molar-refractivity contribution in [1.82, 2.24) is 4.57 Å². The number of carbonyl (C=O) groups is 1. The van der Waals surface area contributed by atoms with Crippen LogP contribution in [0, 0.1) is 0 Å². The number of alkyl halides is 3. The molecule has 0 saturated heterocycles. The van der Waals surface area contributed by atoms with Crippen molar-refractivity contribution in [3.05, 3.63) is 109 Å². The number of carbonyl (C=O) groups excluding carboxylic acids is 1. The summed E-state index contributed by atoms with van der Waals surface area (Å²) < 4.78 is 57.5. The summed E-state index contributed by atoms with van der Waals surface area (Å²) in [7, 11) is 1.54. The van der Waals surface area contributed by atoms with E-state index in [2.05, 4.69) is 4.99 Å². The normalized spacial score (nSPS) is 15.6. The first-order chi connectivity index (χ1) is 19.1. The van der Waals surface area contributed by atoms with E-state index in [1.165, 1.54) is 22.8 Å². The number of esters is 1. The Balaban J connectivity index is 1.60. The minimum atomic E-state index is -4.49. The van der Waals surface area contributed by atoms with Crippen LogP contribution in [-0.2, 0) is 15.7 Å². The van der Waals surface area contributed by atoms with Gasteiger partial charge in [-0.05, 0) is 55.8 Å². The van der Waals surface area contributed by atoms with Crippen LogP contribution >= 0.6 is 11.3 Å². The van der Waals surface area contributed by atoms with Crippen LogP contribution in [-0.4, -0.2) is 24.3 Å². The lowest BCUT2D eigenvalue weighted by Gasteiger charge is -2.24. The summed E-state index contributed by atoms with van der Waals surface area (Å²) in [5.41, 5.74) is 0.395. The van der Waals surface area contributed by atoms with Gasteiger partial charge in [0.1, 0.15) is 17.3 Å². The third-order valence-electron chi connectivity index (χ3n) is 6.32. The molecule has 7 nitrogen and oxygen atoms in total. The Hall–Kier alpha value is -4.38. The van der Waals surface area contributed by atoms with Gasteiger partial charge in [0, 0.05) is 11.6 Å². The molecule has 3 heterocycles. The molecule has 0 aliphatic carbocycles. The number of halogens is 3. The van der Waals surface area contributed by atoms with Gasteiger partial charge < -0.3 is 13.9 Å². The van der Waals surface area contributed by atoms with E-state index in [4.69, 9.17) is 13.9 Å². The van der Waals surface area contributed by atoms with Crippen LogP contribution in [0.15, 0.2) is 86.1 Å². The fraction of sp³-hybridized carbons (Fsp3) is 0.207. The lowest BCUT2D eigenvalue weighted by molar-refractivity contribution is -0.139. The summed E-state index contributed by atoms with van der Waals surface area (Å²) in [6, 6.07) is 14.2. The molecule has 0 N–H and O–H groups in total. The molecule has 0 fully saturated rings. The molecule has 11 heteroatoms. The molecule has 1 unspecified atom stereocenters. The molecule has 1 aliphatic heterocycles. The summed E-state index contributed by atoms with van der Waals surface area (Å²) in [6.07, 6.45) is -2.98. The number of benzene rings is 2. The third kappa shape index (κ3) is 5.12. The Kier molecular flexibility index (Phi) is 7.24. The highest BCUT2D eigenvalue weighted by atomic mass is 32.1. The van der Waals surface area contributed by atoms with Crippen molar-refractivity contribution < 1.29 is 31.9 Å². The van der Waals surface area contributed by atoms with Crippen molar-refractivity contribution in [3.63, 3.8) is 0 Å². The highest BCUT2D eigenvalue weighted by Crippen LogP contribution is 2.33. The fourth-order valence-corrected chi connectivity index (χ4v) is 5.48. The van der Waals surface area contributed by atoms with E-state index in [1.807, 2.05) is 0 Å². The molecule has 4 aromatic rings. The Bertz CT molecular complexity index is 1800. The SMILES string of the molecule is CCOC(=O)C1=C(C)N=c2sc(=Cc3ccc(-c4cccc(C(F)(F)F)c4)o3)c(=O)n2C1c1ccc(OC)cc1. The van der Waals surface area contributed by atoms with Gasteiger partial charge in [0.2, 0.25) is 0 Å². The second-order valence-corrected chi connectivity index (χ2v) is 9.87. The summed E-state index contributed by atoms with van der Waals surface area (Å²) in [6.45, 7) is 3.54. The lowest BCUT2D eigenvalue weighted by atomic mass is 9.96. The molecule has 0 radical (unpaired) electrons. The average Bonchev–Trinajstić information content (AvgIpc) is 3.52. The number of furan rings is 1. The standard InChI is InChI=1S/C29H23F3N2O5S/c1-4-38-27(36)24-16(2)33-28-34(25(24)17-8-10-20(37-3)11-9-17)26(35)23(40-28)15-21-12-13-22(39-21)18-6-5-7-19(14-18)29(30,31)32/h5-15,25H,4H2,1-3H3. The quantitative estimate of drug-likeness (QED) is 0.303. The van der Waals surface area contributed by atoms with E-state index in [0.717, 1.165) is 23.5 Å². The van der Waals surface area contributed by atoms with Crippen LogP contribution in [0.2, 0.25) is 0 Å². The van der Waals surface area contributed by atoms with Crippen LogP contribution in [0.25, 0.3) is 17.4 Å². The summed E-state index contributed by atoms with van der Waals surface area (Å²) in [5, 5.41) is 0. The van der Waals surface area contributed by atoms with Crippen LogP contribution in [0.3, 0.4) is 0 Å². The van der Waals surface area contributed by atoms with Crippen molar-refractivity contribution in [2.75, 3.05) is 13.7 Å². The summed E-state index contributed by atoms with van der Waals surface area (Å²) in [5.74, 6) is 0.543. The number of nitrogens with zero attached hydrogens (tertiary/aromatic N) is 2. The first kappa shape index (κ1) is 27.2. The van der Waals surface area contributed by atoms with Gasteiger partial charge in [-0.25, -0.2) is 9.79 Å². The molecule has 1 atom stereocenters. The second kappa shape index (κ2) is 10.6. The monoisotopic (exact) mass is 568 g/mol. The van der Waals surface area contributed by atoms with E-state index in [0.29, 0.717) is 21.8 Å². The average molecular weight is 569 g/mol. The molecular formula is C29H23F3N2O5S. The van der Waals surface area contributed by atoms with Crippen molar-refractivity contribution >= 4 is 23.4 Å². The molecule has 40 heavy (non-hydrogen) atoms. The minimum absolute atomic E-state index is 0.155. The van der Waals surface area contributed by atoms with Gasteiger partial charge in [0.15, 0.2) is 4.80 Å². The van der Waals surface area contributed by atoms with E-state index in [1.54, 1.807) is 57.4 Å². The van der Waals surface area contributed by atoms with Gasteiger partial charge in [0.25, 0.3) is 5.56 Å². The Morgan fingerprint density at radius 3 is 2.58 bits per heavy atom. The molecule has 0 amide bonds. The number of rotatable bonds is 6. The zero-order valence-electron chi connectivity index (χ0n) is 21.6. The minimum Gasteiger partial charge on any atom is -0.497 e. The highest BCUT2D eigenvalue weighted by molar-refractivity contribution is 7.07. The van der Waals surface area contributed by atoms with Crippen LogP contribution < -0.4 is 19.6 Å². The molecule has 2 aromatic heterocycles. The summed E-state index contributed by atoms with van der Waals surface area (Å²) in [4.78, 5) is 31.6. The number of fused-ring (bicyclic) bond motifs is 1. The van der Waals surface area contributed by atoms with Crippen LogP contribution in [0.1, 0.15) is 36.8 Å².